The summed E-state index contributed by atoms with van der Waals surface area (Å²) in [4.78, 5) is 28.9. The number of rotatable bonds is 7. The van der Waals surface area contributed by atoms with Crippen molar-refractivity contribution >= 4 is 17.5 Å². The molecule has 6 heteroatoms. The molecule has 0 aliphatic carbocycles. The molecule has 166 valence electrons. The molecule has 0 radical (unpaired) electrons. The Morgan fingerprint density at radius 1 is 0.806 bits per heavy atom. The number of carbonyl (C=O) groups is 2. The number of hydrogen-bond acceptors (Lipinski definition) is 4. The highest BCUT2D eigenvalue weighted by atomic mass is 16.2. The lowest BCUT2D eigenvalue weighted by molar-refractivity contribution is -0.123. The first-order valence-electron chi connectivity index (χ1n) is 11.0. The molecule has 0 spiro atoms. The highest BCUT2D eigenvalue weighted by Gasteiger charge is 2.21. The van der Waals surface area contributed by atoms with E-state index in [1.54, 1.807) is 0 Å². The Morgan fingerprint density at radius 3 is 1.90 bits per heavy atom. The van der Waals surface area contributed by atoms with Crippen LogP contribution < -0.4 is 10.6 Å². The van der Waals surface area contributed by atoms with E-state index >= 15 is 0 Å². The van der Waals surface area contributed by atoms with Gasteiger partial charge in [0.25, 0.3) is 0 Å². The first-order valence-corrected chi connectivity index (χ1v) is 11.0. The summed E-state index contributed by atoms with van der Waals surface area (Å²) in [6.45, 7) is 11.0. The minimum Gasteiger partial charge on any atom is -0.351 e. The van der Waals surface area contributed by atoms with Crippen LogP contribution in [0, 0.1) is 0 Å². The van der Waals surface area contributed by atoms with Gasteiger partial charge in [-0.05, 0) is 28.7 Å². The Morgan fingerprint density at radius 2 is 1.35 bits per heavy atom. The van der Waals surface area contributed by atoms with Crippen molar-refractivity contribution in [1.82, 2.24) is 15.1 Å². The summed E-state index contributed by atoms with van der Waals surface area (Å²) in [5.41, 5.74) is 3.27. The van der Waals surface area contributed by atoms with Crippen LogP contribution in [0.4, 0.5) is 5.69 Å². The third kappa shape index (κ3) is 7.49. The maximum absolute atomic E-state index is 12.4. The first-order chi connectivity index (χ1) is 14.8. The fourth-order valence-electron chi connectivity index (χ4n) is 3.62. The third-order valence-electron chi connectivity index (χ3n) is 5.57. The Labute approximate surface area is 185 Å². The minimum absolute atomic E-state index is 0.00226. The van der Waals surface area contributed by atoms with Crippen molar-refractivity contribution in [3.8, 4) is 0 Å². The Kier molecular flexibility index (Phi) is 7.82. The van der Waals surface area contributed by atoms with Crippen molar-refractivity contribution in [1.29, 1.82) is 0 Å². The van der Waals surface area contributed by atoms with Crippen molar-refractivity contribution in [2.75, 3.05) is 44.6 Å². The molecule has 0 aromatic heterocycles. The highest BCUT2D eigenvalue weighted by molar-refractivity contribution is 5.92. The number of nitrogens with zero attached hydrogens (tertiary/aromatic N) is 2. The summed E-state index contributed by atoms with van der Waals surface area (Å²) >= 11 is 0. The smallest absolute Gasteiger partial charge is 0.238 e. The van der Waals surface area contributed by atoms with Crippen molar-refractivity contribution in [2.45, 2.75) is 32.7 Å². The van der Waals surface area contributed by atoms with Crippen LogP contribution >= 0.6 is 0 Å². The van der Waals surface area contributed by atoms with Gasteiger partial charge in [0, 0.05) is 38.4 Å². The van der Waals surface area contributed by atoms with Crippen LogP contribution in [0.25, 0.3) is 0 Å². The summed E-state index contributed by atoms with van der Waals surface area (Å²) in [5.74, 6) is 0.0336. The lowest BCUT2D eigenvalue weighted by Crippen LogP contribution is -2.50. The Hall–Kier alpha value is -2.70. The van der Waals surface area contributed by atoms with E-state index in [9.17, 15) is 9.59 Å². The van der Waals surface area contributed by atoms with E-state index in [0.29, 0.717) is 19.6 Å². The second kappa shape index (κ2) is 10.6. The fraction of sp³-hybridized carbons (Fsp3) is 0.440. The molecule has 1 aliphatic heterocycles. The van der Waals surface area contributed by atoms with Gasteiger partial charge < -0.3 is 10.6 Å². The minimum atomic E-state index is -0.00226. The van der Waals surface area contributed by atoms with E-state index in [1.807, 2.05) is 42.5 Å². The van der Waals surface area contributed by atoms with Crippen LogP contribution in [0.15, 0.2) is 54.6 Å². The van der Waals surface area contributed by atoms with Crippen LogP contribution in [-0.2, 0) is 21.5 Å². The van der Waals surface area contributed by atoms with Gasteiger partial charge in [0.05, 0.1) is 13.1 Å². The van der Waals surface area contributed by atoms with Crippen molar-refractivity contribution in [3.05, 3.63) is 65.7 Å². The zero-order valence-electron chi connectivity index (χ0n) is 18.9. The number of amides is 2. The standard InChI is InChI=1S/C25H34N4O2/c1-25(2,3)21-9-11-22(12-10-21)27-24(31)19-29-15-13-28(14-16-29)18-23(30)26-17-20-7-5-4-6-8-20/h4-12H,13-19H2,1-3H3,(H,26,30)(H,27,31). The lowest BCUT2D eigenvalue weighted by Gasteiger charge is -2.33. The molecule has 6 nitrogen and oxygen atoms in total. The average Bonchev–Trinajstić information content (AvgIpc) is 2.74. The van der Waals surface area contributed by atoms with E-state index in [2.05, 4.69) is 53.3 Å². The lowest BCUT2D eigenvalue weighted by atomic mass is 9.87. The molecule has 1 heterocycles. The monoisotopic (exact) mass is 422 g/mol. The van der Waals surface area contributed by atoms with E-state index in [0.717, 1.165) is 37.4 Å². The summed E-state index contributed by atoms with van der Waals surface area (Å²) in [7, 11) is 0. The maximum atomic E-state index is 12.4. The Balaban J connectivity index is 1.35. The number of nitrogens with one attached hydrogen (secondary N) is 2. The zero-order valence-corrected chi connectivity index (χ0v) is 18.9. The molecule has 1 fully saturated rings. The number of benzene rings is 2. The van der Waals surface area contributed by atoms with Crippen LogP contribution in [-0.4, -0.2) is 60.9 Å². The van der Waals surface area contributed by atoms with Crippen LogP contribution in [0.3, 0.4) is 0 Å². The third-order valence-corrected chi connectivity index (χ3v) is 5.57. The average molecular weight is 423 g/mol. The fourth-order valence-corrected chi connectivity index (χ4v) is 3.62. The number of hydrogen-bond donors (Lipinski definition) is 2. The molecular weight excluding hydrogens is 388 g/mol. The molecule has 1 saturated heterocycles. The normalized spacial score (nSPS) is 15.5. The quantitative estimate of drug-likeness (QED) is 0.720. The SMILES string of the molecule is CC(C)(C)c1ccc(NC(=O)CN2CCN(CC(=O)NCc3ccccc3)CC2)cc1. The topological polar surface area (TPSA) is 64.7 Å². The van der Waals surface area contributed by atoms with Gasteiger partial charge in [0.2, 0.25) is 11.8 Å². The van der Waals surface area contributed by atoms with Crippen LogP contribution in [0.1, 0.15) is 31.9 Å². The van der Waals surface area contributed by atoms with Crippen molar-refractivity contribution in [2.24, 2.45) is 0 Å². The van der Waals surface area contributed by atoms with E-state index in [4.69, 9.17) is 0 Å². The van der Waals surface area contributed by atoms with E-state index in [-0.39, 0.29) is 17.2 Å². The highest BCUT2D eigenvalue weighted by Crippen LogP contribution is 2.23. The number of carbonyl (C=O) groups excluding carboxylic acids is 2. The molecule has 0 unspecified atom stereocenters. The molecule has 0 bridgehead atoms. The second-order valence-electron chi connectivity index (χ2n) is 9.19. The summed E-state index contributed by atoms with van der Waals surface area (Å²) in [6.07, 6.45) is 0. The van der Waals surface area contributed by atoms with E-state index < -0.39 is 0 Å². The molecule has 2 amide bonds. The molecular formula is C25H34N4O2. The Bertz CT molecular complexity index is 851. The predicted octanol–water partition coefficient (Wildman–Crippen LogP) is 2.86. The predicted molar refractivity (Wildman–Crippen MR) is 125 cm³/mol. The van der Waals surface area contributed by atoms with Crippen molar-refractivity contribution in [3.63, 3.8) is 0 Å². The van der Waals surface area contributed by atoms with Gasteiger partial charge in [-0.2, -0.15) is 0 Å². The first kappa shape index (κ1) is 23.0. The van der Waals surface area contributed by atoms with Gasteiger partial charge >= 0.3 is 0 Å². The van der Waals surface area contributed by atoms with Gasteiger partial charge in [-0.3, -0.25) is 19.4 Å². The molecule has 2 aromatic carbocycles. The molecule has 1 aliphatic rings. The molecule has 0 atom stereocenters. The molecule has 2 aromatic rings. The van der Waals surface area contributed by atoms with Crippen LogP contribution in [0.2, 0.25) is 0 Å². The largest absolute Gasteiger partial charge is 0.351 e. The van der Waals surface area contributed by atoms with Gasteiger partial charge in [0.1, 0.15) is 0 Å². The zero-order chi connectivity index (χ0) is 22.3. The van der Waals surface area contributed by atoms with E-state index in [1.165, 1.54) is 5.56 Å². The van der Waals surface area contributed by atoms with Crippen LogP contribution in [0.5, 0.6) is 0 Å². The summed E-state index contributed by atoms with van der Waals surface area (Å²) < 4.78 is 0. The van der Waals surface area contributed by atoms with Gasteiger partial charge in [0.15, 0.2) is 0 Å². The maximum Gasteiger partial charge on any atom is 0.238 e. The van der Waals surface area contributed by atoms with Gasteiger partial charge in [-0.25, -0.2) is 0 Å². The molecule has 3 rings (SSSR count). The van der Waals surface area contributed by atoms with Gasteiger partial charge in [-0.15, -0.1) is 0 Å². The van der Waals surface area contributed by atoms with Crippen molar-refractivity contribution < 1.29 is 9.59 Å². The molecule has 31 heavy (non-hydrogen) atoms. The number of anilines is 1. The molecule has 2 N–H and O–H groups in total. The second-order valence-corrected chi connectivity index (χ2v) is 9.19. The summed E-state index contributed by atoms with van der Waals surface area (Å²) in [5, 5.41) is 5.96. The summed E-state index contributed by atoms with van der Waals surface area (Å²) in [6, 6.07) is 18.0. The van der Waals surface area contributed by atoms with Gasteiger partial charge in [-0.1, -0.05) is 63.2 Å². The molecule has 0 saturated carbocycles. The number of piperazine rings is 1.